The summed E-state index contributed by atoms with van der Waals surface area (Å²) in [4.78, 5) is 18.6. The molecule has 5 aromatic rings. The number of carbonyl (C=O) groups excluding carboxylic acids is 1. The molecular formula is C30H24N2O. The highest BCUT2D eigenvalue weighted by Crippen LogP contribution is 2.28. The van der Waals surface area contributed by atoms with E-state index in [1.54, 1.807) is 0 Å². The van der Waals surface area contributed by atoms with Gasteiger partial charge >= 0.3 is 0 Å². The van der Waals surface area contributed by atoms with Crippen molar-refractivity contribution < 1.29 is 4.79 Å². The van der Waals surface area contributed by atoms with Crippen molar-refractivity contribution in [1.29, 1.82) is 0 Å². The number of pyridine rings is 1. The number of hydrogen-bond acceptors (Lipinski definition) is 2. The molecular weight excluding hydrogens is 404 g/mol. The molecule has 1 aromatic heterocycles. The lowest BCUT2D eigenvalue weighted by Gasteiger charge is -2.21. The van der Waals surface area contributed by atoms with Crippen molar-refractivity contribution in [1.82, 2.24) is 10.3 Å². The Balaban J connectivity index is 1.61. The second-order valence-electron chi connectivity index (χ2n) is 8.11. The average Bonchev–Trinajstić information content (AvgIpc) is 2.88. The number of nitrogens with one attached hydrogen (secondary N) is 1. The maximum atomic E-state index is 13.7. The molecule has 0 saturated carbocycles. The Kier molecular flexibility index (Phi) is 5.69. The number of rotatable bonds is 5. The number of amides is 1. The Bertz CT molecular complexity index is 1370. The number of aromatic nitrogens is 1. The van der Waals surface area contributed by atoms with Crippen LogP contribution in [0.2, 0.25) is 0 Å². The summed E-state index contributed by atoms with van der Waals surface area (Å²) in [6.07, 6.45) is 0. The van der Waals surface area contributed by atoms with Crippen LogP contribution in [0, 0.1) is 6.92 Å². The summed E-state index contributed by atoms with van der Waals surface area (Å²) in [5.41, 5.74) is 6.45. The van der Waals surface area contributed by atoms with Gasteiger partial charge in [0.25, 0.3) is 5.91 Å². The van der Waals surface area contributed by atoms with Crippen molar-refractivity contribution in [3.05, 3.63) is 138 Å². The lowest BCUT2D eigenvalue weighted by Crippen LogP contribution is -2.29. The molecule has 160 valence electrons. The summed E-state index contributed by atoms with van der Waals surface area (Å²) < 4.78 is 0. The van der Waals surface area contributed by atoms with Gasteiger partial charge in [-0.1, -0.05) is 103 Å². The third-order valence-corrected chi connectivity index (χ3v) is 5.92. The highest BCUT2D eigenvalue weighted by atomic mass is 16.1. The van der Waals surface area contributed by atoms with Gasteiger partial charge in [0.05, 0.1) is 22.8 Å². The molecule has 0 aliphatic heterocycles. The Morgan fingerprint density at radius 1 is 0.727 bits per heavy atom. The van der Waals surface area contributed by atoms with Crippen LogP contribution < -0.4 is 5.32 Å². The Labute approximate surface area is 193 Å². The molecule has 1 N–H and O–H groups in total. The minimum Gasteiger partial charge on any atom is -0.341 e. The first-order chi connectivity index (χ1) is 16.2. The van der Waals surface area contributed by atoms with Gasteiger partial charge in [-0.25, -0.2) is 4.98 Å². The molecule has 0 aliphatic rings. The fourth-order valence-electron chi connectivity index (χ4n) is 4.22. The van der Waals surface area contributed by atoms with E-state index >= 15 is 0 Å². The summed E-state index contributed by atoms with van der Waals surface area (Å²) in [7, 11) is 0. The van der Waals surface area contributed by atoms with Gasteiger partial charge < -0.3 is 5.32 Å². The molecule has 1 heterocycles. The zero-order valence-corrected chi connectivity index (χ0v) is 18.4. The minimum atomic E-state index is -0.256. The average molecular weight is 429 g/mol. The molecule has 0 spiro atoms. The van der Waals surface area contributed by atoms with E-state index in [0.29, 0.717) is 5.56 Å². The molecule has 5 rings (SSSR count). The largest absolute Gasteiger partial charge is 0.341 e. The Morgan fingerprint density at radius 3 is 1.97 bits per heavy atom. The predicted molar refractivity (Wildman–Crippen MR) is 134 cm³/mol. The fourth-order valence-corrected chi connectivity index (χ4v) is 4.22. The van der Waals surface area contributed by atoms with Crippen molar-refractivity contribution in [2.45, 2.75) is 13.0 Å². The van der Waals surface area contributed by atoms with Crippen LogP contribution in [0.5, 0.6) is 0 Å². The Morgan fingerprint density at radius 2 is 1.30 bits per heavy atom. The first-order valence-corrected chi connectivity index (χ1v) is 11.1. The number of benzene rings is 4. The number of fused-ring (bicyclic) bond motifs is 1. The number of aryl methyl sites for hydroxylation is 1. The third kappa shape index (κ3) is 4.26. The predicted octanol–water partition coefficient (Wildman–Crippen LogP) is 6.73. The highest BCUT2D eigenvalue weighted by molar-refractivity contribution is 6.07. The summed E-state index contributed by atoms with van der Waals surface area (Å²) in [5, 5.41) is 4.12. The molecule has 0 aliphatic carbocycles. The van der Waals surface area contributed by atoms with E-state index < -0.39 is 0 Å². The van der Waals surface area contributed by atoms with E-state index in [2.05, 4.69) is 18.3 Å². The van der Waals surface area contributed by atoms with Gasteiger partial charge in [0.15, 0.2) is 0 Å². The molecule has 0 bridgehead atoms. The molecule has 3 heteroatoms. The lowest BCUT2D eigenvalue weighted by atomic mass is 9.97. The number of para-hydroxylation sites is 1. The molecule has 4 aromatic carbocycles. The molecule has 1 amide bonds. The fraction of sp³-hybridized carbons (Fsp3) is 0.0667. The second-order valence-corrected chi connectivity index (χ2v) is 8.11. The van der Waals surface area contributed by atoms with Crippen LogP contribution >= 0.6 is 0 Å². The van der Waals surface area contributed by atoms with Crippen LogP contribution in [0.4, 0.5) is 0 Å². The third-order valence-electron chi connectivity index (χ3n) is 5.92. The van der Waals surface area contributed by atoms with Crippen molar-refractivity contribution in [3.63, 3.8) is 0 Å². The van der Waals surface area contributed by atoms with Gasteiger partial charge in [0.2, 0.25) is 0 Å². The standard InChI is InChI=1S/C30H24N2O/c1-21-12-8-9-17-24(21)28-20-26(25-18-10-11-19-27(25)31-28)30(33)32-29(22-13-4-2-5-14-22)23-15-6-3-7-16-23/h2-20,29H,1H3,(H,32,33). The lowest BCUT2D eigenvalue weighted by molar-refractivity contribution is 0.0944. The van der Waals surface area contributed by atoms with Crippen LogP contribution in [0.25, 0.3) is 22.2 Å². The van der Waals surface area contributed by atoms with Gasteiger partial charge in [-0.15, -0.1) is 0 Å². The quantitative estimate of drug-likeness (QED) is 0.337. The smallest absolute Gasteiger partial charge is 0.252 e. The van der Waals surface area contributed by atoms with E-state index in [-0.39, 0.29) is 11.9 Å². The zero-order valence-electron chi connectivity index (χ0n) is 18.4. The molecule has 33 heavy (non-hydrogen) atoms. The molecule has 0 radical (unpaired) electrons. The Hall–Kier alpha value is -4.24. The zero-order chi connectivity index (χ0) is 22.6. The van der Waals surface area contributed by atoms with E-state index in [4.69, 9.17) is 4.98 Å². The van der Waals surface area contributed by atoms with Crippen molar-refractivity contribution >= 4 is 16.8 Å². The van der Waals surface area contributed by atoms with Crippen molar-refractivity contribution in [2.24, 2.45) is 0 Å². The van der Waals surface area contributed by atoms with Gasteiger partial charge in [0, 0.05) is 10.9 Å². The molecule has 0 fully saturated rings. The summed E-state index contributed by atoms with van der Waals surface area (Å²) in [6, 6.07) is 37.7. The second kappa shape index (κ2) is 9.09. The summed E-state index contributed by atoms with van der Waals surface area (Å²) >= 11 is 0. The van der Waals surface area contributed by atoms with E-state index in [1.807, 2.05) is 109 Å². The molecule has 0 saturated heterocycles. The van der Waals surface area contributed by atoms with Crippen molar-refractivity contribution in [2.75, 3.05) is 0 Å². The van der Waals surface area contributed by atoms with Crippen molar-refractivity contribution in [3.8, 4) is 11.3 Å². The highest BCUT2D eigenvalue weighted by Gasteiger charge is 2.20. The van der Waals surface area contributed by atoms with E-state index in [1.165, 1.54) is 0 Å². The van der Waals surface area contributed by atoms with Gasteiger partial charge in [-0.05, 0) is 35.7 Å². The summed E-state index contributed by atoms with van der Waals surface area (Å²) in [6.45, 7) is 2.06. The topological polar surface area (TPSA) is 42.0 Å². The minimum absolute atomic E-state index is 0.124. The van der Waals surface area contributed by atoms with Crippen LogP contribution in [-0.2, 0) is 0 Å². The number of nitrogens with zero attached hydrogens (tertiary/aromatic N) is 1. The summed E-state index contributed by atoms with van der Waals surface area (Å²) in [5.74, 6) is -0.124. The number of carbonyl (C=O) groups is 1. The molecule has 0 unspecified atom stereocenters. The van der Waals surface area contributed by atoms with Gasteiger partial charge in [0.1, 0.15) is 0 Å². The van der Waals surface area contributed by atoms with E-state index in [0.717, 1.165) is 38.9 Å². The van der Waals surface area contributed by atoms with Crippen LogP contribution in [0.1, 0.15) is 33.1 Å². The first kappa shape index (κ1) is 20.7. The molecule has 3 nitrogen and oxygen atoms in total. The number of hydrogen-bond donors (Lipinski definition) is 1. The van der Waals surface area contributed by atoms with Crippen LogP contribution in [0.15, 0.2) is 115 Å². The molecule has 0 atom stereocenters. The van der Waals surface area contributed by atoms with Crippen LogP contribution in [0.3, 0.4) is 0 Å². The van der Waals surface area contributed by atoms with Crippen LogP contribution in [-0.4, -0.2) is 10.9 Å². The first-order valence-electron chi connectivity index (χ1n) is 11.1. The normalized spacial score (nSPS) is 11.0. The van der Waals surface area contributed by atoms with Gasteiger partial charge in [-0.3, -0.25) is 4.79 Å². The maximum absolute atomic E-state index is 13.7. The monoisotopic (exact) mass is 428 g/mol. The SMILES string of the molecule is Cc1ccccc1-c1cc(C(=O)NC(c2ccccc2)c2ccccc2)c2ccccc2n1. The van der Waals surface area contributed by atoms with Gasteiger partial charge in [-0.2, -0.15) is 0 Å². The van der Waals surface area contributed by atoms with E-state index in [9.17, 15) is 4.79 Å². The maximum Gasteiger partial charge on any atom is 0.252 e.